The number of hydrogen-bond donors (Lipinski definition) is 0. The van der Waals surface area contributed by atoms with Crippen LogP contribution < -0.4 is 0 Å². The number of allylic oxidation sites excluding steroid dienone is 1. The zero-order valence-corrected chi connectivity index (χ0v) is 23.2. The van der Waals surface area contributed by atoms with Crippen LogP contribution in [0.15, 0.2) is 121 Å². The smallest absolute Gasteiger partial charge is 0.0544 e. The zero-order valence-electron chi connectivity index (χ0n) is 23.2. The minimum Gasteiger partial charge on any atom is -0.309 e. The van der Waals surface area contributed by atoms with Crippen LogP contribution in [0.2, 0.25) is 0 Å². The summed E-state index contributed by atoms with van der Waals surface area (Å²) >= 11 is 0. The Morgan fingerprint density at radius 1 is 0.550 bits per heavy atom. The maximum atomic E-state index is 2.48. The Morgan fingerprint density at radius 3 is 2.05 bits per heavy atom. The monoisotopic (exact) mass is 515 g/mol. The Morgan fingerprint density at radius 2 is 1.23 bits per heavy atom. The highest BCUT2D eigenvalue weighted by Gasteiger charge is 2.20. The van der Waals surface area contributed by atoms with E-state index in [1.165, 1.54) is 71.3 Å². The average molecular weight is 516 g/mol. The lowest BCUT2D eigenvalue weighted by molar-refractivity contribution is 0.867. The van der Waals surface area contributed by atoms with E-state index in [1.54, 1.807) is 0 Å². The van der Waals surface area contributed by atoms with Crippen molar-refractivity contribution in [2.24, 2.45) is 0 Å². The summed E-state index contributed by atoms with van der Waals surface area (Å²) in [6.07, 6.45) is 5.79. The van der Waals surface area contributed by atoms with E-state index in [4.69, 9.17) is 0 Å². The molecule has 0 saturated carbocycles. The van der Waals surface area contributed by atoms with Gasteiger partial charge in [-0.2, -0.15) is 0 Å². The molecule has 0 fully saturated rings. The lowest BCUT2D eigenvalue weighted by Gasteiger charge is -2.13. The van der Waals surface area contributed by atoms with E-state index in [9.17, 15) is 0 Å². The minimum absolute atomic E-state index is 1.08. The fraction of sp³-hybridized carbons (Fsp3) is 0.128. The molecule has 1 heteroatoms. The van der Waals surface area contributed by atoms with Crippen LogP contribution in [0.5, 0.6) is 0 Å². The lowest BCUT2D eigenvalue weighted by Crippen LogP contribution is -1.94. The van der Waals surface area contributed by atoms with E-state index in [2.05, 4.69) is 132 Å². The predicted molar refractivity (Wildman–Crippen MR) is 174 cm³/mol. The molecule has 7 aromatic rings. The van der Waals surface area contributed by atoms with Gasteiger partial charge in [0, 0.05) is 16.5 Å². The Hall–Kier alpha value is -4.62. The number of benzene rings is 6. The number of para-hydroxylation sites is 2. The molecule has 1 heterocycles. The molecule has 0 amide bonds. The van der Waals surface area contributed by atoms with Crippen molar-refractivity contribution < 1.29 is 0 Å². The molecule has 0 unspecified atom stereocenters. The summed E-state index contributed by atoms with van der Waals surface area (Å²) in [7, 11) is 0. The summed E-state index contributed by atoms with van der Waals surface area (Å²) in [6, 6.07) is 44.4. The summed E-state index contributed by atoms with van der Waals surface area (Å²) in [5, 5.41) is 8.08. The van der Waals surface area contributed by atoms with Gasteiger partial charge in [-0.25, -0.2) is 0 Å². The van der Waals surface area contributed by atoms with Gasteiger partial charge >= 0.3 is 0 Å². The molecular formula is C39H33N. The summed E-state index contributed by atoms with van der Waals surface area (Å²) < 4.78 is 2.43. The largest absolute Gasteiger partial charge is 0.309 e. The van der Waals surface area contributed by atoms with Gasteiger partial charge in [0.1, 0.15) is 0 Å². The van der Waals surface area contributed by atoms with Crippen LogP contribution >= 0.6 is 0 Å². The summed E-state index contributed by atoms with van der Waals surface area (Å²) in [5.41, 5.74) is 9.44. The summed E-state index contributed by atoms with van der Waals surface area (Å²) in [4.78, 5) is 0. The van der Waals surface area contributed by atoms with Gasteiger partial charge in [-0.05, 0) is 93.4 Å². The van der Waals surface area contributed by atoms with Crippen LogP contribution in [0.1, 0.15) is 43.4 Å². The molecular weight excluding hydrogens is 482 g/mol. The van der Waals surface area contributed by atoms with Gasteiger partial charge in [0.25, 0.3) is 0 Å². The van der Waals surface area contributed by atoms with E-state index >= 15 is 0 Å². The summed E-state index contributed by atoms with van der Waals surface area (Å²) in [6.45, 7) is 4.00. The van der Waals surface area contributed by atoms with Gasteiger partial charge < -0.3 is 4.57 Å². The van der Waals surface area contributed by atoms with E-state index in [1.807, 2.05) is 13.8 Å². The topological polar surface area (TPSA) is 4.93 Å². The highest BCUT2D eigenvalue weighted by Crippen LogP contribution is 2.41. The van der Waals surface area contributed by atoms with Gasteiger partial charge in [0.2, 0.25) is 0 Å². The first-order chi connectivity index (χ1) is 19.9. The highest BCUT2D eigenvalue weighted by molar-refractivity contribution is 6.14. The molecule has 1 aromatic heterocycles. The van der Waals surface area contributed by atoms with Crippen molar-refractivity contribution in [1.82, 2.24) is 4.57 Å². The van der Waals surface area contributed by atoms with Crippen LogP contribution in [0, 0.1) is 0 Å². The normalized spacial score (nSPS) is 13.1. The maximum absolute atomic E-state index is 2.48. The van der Waals surface area contributed by atoms with E-state index in [0.29, 0.717) is 0 Å². The number of nitrogens with zero attached hydrogens (tertiary/aromatic N) is 1. The molecule has 40 heavy (non-hydrogen) atoms. The number of fused-ring (bicyclic) bond motifs is 8. The molecule has 1 aliphatic carbocycles. The minimum atomic E-state index is 1.08. The van der Waals surface area contributed by atoms with Crippen molar-refractivity contribution >= 4 is 55.0 Å². The van der Waals surface area contributed by atoms with Crippen LogP contribution in [0.25, 0.3) is 60.7 Å². The third-order valence-corrected chi connectivity index (χ3v) is 8.31. The van der Waals surface area contributed by atoms with Gasteiger partial charge in [0.05, 0.1) is 11.0 Å². The van der Waals surface area contributed by atoms with Gasteiger partial charge in [0.15, 0.2) is 0 Å². The lowest BCUT2D eigenvalue weighted by atomic mass is 9.91. The average Bonchev–Trinajstić information content (AvgIpc) is 3.21. The Kier molecular flexibility index (Phi) is 6.21. The summed E-state index contributed by atoms with van der Waals surface area (Å²) in [5.74, 6) is 0. The van der Waals surface area contributed by atoms with Crippen LogP contribution in [0.3, 0.4) is 0 Å². The molecule has 6 aromatic carbocycles. The molecule has 0 radical (unpaired) electrons. The van der Waals surface area contributed by atoms with Crippen LogP contribution in [-0.4, -0.2) is 4.57 Å². The van der Waals surface area contributed by atoms with E-state index in [-0.39, 0.29) is 0 Å². The maximum Gasteiger partial charge on any atom is 0.0544 e. The fourth-order valence-corrected chi connectivity index (χ4v) is 6.66. The van der Waals surface area contributed by atoms with Gasteiger partial charge in [-0.15, -0.1) is 0 Å². The molecule has 8 rings (SSSR count). The third-order valence-electron chi connectivity index (χ3n) is 8.31. The van der Waals surface area contributed by atoms with Crippen molar-refractivity contribution in [2.75, 3.05) is 0 Å². The molecule has 1 aliphatic rings. The Bertz CT molecular complexity index is 2040. The second-order valence-electron chi connectivity index (χ2n) is 10.4. The molecule has 0 atom stereocenters. The molecule has 0 spiro atoms. The predicted octanol–water partition coefficient (Wildman–Crippen LogP) is 11.0. The Balaban J connectivity index is 0.00000130. The molecule has 0 aliphatic heterocycles. The first-order valence-electron chi connectivity index (χ1n) is 14.6. The van der Waals surface area contributed by atoms with Crippen LogP contribution in [-0.2, 0) is 6.42 Å². The van der Waals surface area contributed by atoms with Gasteiger partial charge in [-0.3, -0.25) is 0 Å². The molecule has 194 valence electrons. The zero-order chi connectivity index (χ0) is 27.1. The van der Waals surface area contributed by atoms with Crippen molar-refractivity contribution in [3.8, 4) is 5.69 Å². The highest BCUT2D eigenvalue weighted by atomic mass is 15.0. The first kappa shape index (κ1) is 24.4. The van der Waals surface area contributed by atoms with Crippen molar-refractivity contribution in [3.05, 3.63) is 138 Å². The SMILES string of the molecule is C1=C(c2cc3ccccc3c3ccccc23)CCCc2c1ccc1c2c2ccccc2n1-c1ccccc1.CC. The Labute approximate surface area is 236 Å². The molecule has 1 nitrogen and oxygen atoms in total. The molecule has 0 saturated heterocycles. The van der Waals surface area contributed by atoms with E-state index in [0.717, 1.165) is 19.3 Å². The van der Waals surface area contributed by atoms with E-state index < -0.39 is 0 Å². The van der Waals surface area contributed by atoms with Crippen molar-refractivity contribution in [1.29, 1.82) is 0 Å². The van der Waals surface area contributed by atoms with Crippen LogP contribution in [0.4, 0.5) is 0 Å². The fourth-order valence-electron chi connectivity index (χ4n) is 6.66. The van der Waals surface area contributed by atoms with Crippen molar-refractivity contribution in [3.63, 3.8) is 0 Å². The number of rotatable bonds is 2. The standard InChI is InChI=1S/C37H27N.C2H6/c1-2-13-28(14-3-1)38-35-20-9-8-18-33(35)37-30-19-10-12-25(23-27(30)21-22-36(37)38)34-24-26-11-4-5-15-29(26)31-16-6-7-17-32(31)34;1-2/h1-9,11,13-18,20-24H,10,12,19H2;1-2H3. The van der Waals surface area contributed by atoms with Gasteiger partial charge in [-0.1, -0.05) is 111 Å². The quantitative estimate of drug-likeness (QED) is 0.202. The number of aromatic nitrogens is 1. The number of aryl methyl sites for hydroxylation is 1. The second-order valence-corrected chi connectivity index (χ2v) is 10.4. The molecule has 0 bridgehead atoms. The van der Waals surface area contributed by atoms with Crippen molar-refractivity contribution in [2.45, 2.75) is 33.1 Å². The second kappa shape index (κ2) is 10.2. The number of hydrogen-bond acceptors (Lipinski definition) is 0. The first-order valence-corrected chi connectivity index (χ1v) is 14.6. The third kappa shape index (κ3) is 3.85. The molecule has 0 N–H and O–H groups in total.